The molecule has 0 atom stereocenters. The van der Waals surface area contributed by atoms with Gasteiger partial charge in [0.1, 0.15) is 5.69 Å². The first-order valence-electron chi connectivity index (χ1n) is 8.29. The summed E-state index contributed by atoms with van der Waals surface area (Å²) in [6.45, 7) is 0.698. The predicted octanol–water partition coefficient (Wildman–Crippen LogP) is 3.58. The number of benzene rings is 1. The van der Waals surface area contributed by atoms with Gasteiger partial charge in [-0.2, -0.15) is 0 Å². The van der Waals surface area contributed by atoms with Crippen molar-refractivity contribution >= 4 is 34.0 Å². The second-order valence-corrected chi connectivity index (χ2v) is 6.76. The Morgan fingerprint density at radius 2 is 2.08 bits per heavy atom. The lowest BCUT2D eigenvalue weighted by Gasteiger charge is -2.16. The average molecular weight is 364 g/mol. The highest BCUT2D eigenvalue weighted by molar-refractivity contribution is 7.14. The van der Waals surface area contributed by atoms with Gasteiger partial charge in [-0.25, -0.2) is 4.98 Å². The highest BCUT2D eigenvalue weighted by atomic mass is 32.1. The molecule has 130 valence electrons. The molecule has 7 heteroatoms. The molecular weight excluding hydrogens is 348 g/mol. The van der Waals surface area contributed by atoms with Gasteiger partial charge in [-0.3, -0.25) is 19.9 Å². The van der Waals surface area contributed by atoms with Gasteiger partial charge >= 0.3 is 0 Å². The van der Waals surface area contributed by atoms with E-state index in [1.54, 1.807) is 29.3 Å². The number of thiazole rings is 1. The van der Waals surface area contributed by atoms with Crippen LogP contribution in [0.25, 0.3) is 11.4 Å². The van der Waals surface area contributed by atoms with E-state index >= 15 is 0 Å². The maximum absolute atomic E-state index is 12.5. The highest BCUT2D eigenvalue weighted by Crippen LogP contribution is 2.25. The van der Waals surface area contributed by atoms with E-state index in [0.29, 0.717) is 23.7 Å². The van der Waals surface area contributed by atoms with Crippen molar-refractivity contribution in [1.29, 1.82) is 0 Å². The summed E-state index contributed by atoms with van der Waals surface area (Å²) < 4.78 is 0. The zero-order valence-corrected chi connectivity index (χ0v) is 14.7. The number of aromatic nitrogens is 2. The molecule has 3 heterocycles. The van der Waals surface area contributed by atoms with Gasteiger partial charge in [-0.15, -0.1) is 11.3 Å². The molecule has 0 unspecified atom stereocenters. The molecule has 2 amide bonds. The molecule has 3 aromatic rings. The highest BCUT2D eigenvalue weighted by Gasteiger charge is 2.22. The molecule has 1 saturated heterocycles. The van der Waals surface area contributed by atoms with Gasteiger partial charge in [-0.1, -0.05) is 12.1 Å². The predicted molar refractivity (Wildman–Crippen MR) is 101 cm³/mol. The van der Waals surface area contributed by atoms with Crippen LogP contribution in [0.2, 0.25) is 0 Å². The summed E-state index contributed by atoms with van der Waals surface area (Å²) in [5, 5.41) is 5.19. The molecule has 1 aliphatic heterocycles. The first kappa shape index (κ1) is 16.4. The topological polar surface area (TPSA) is 75.2 Å². The number of carbonyl (C=O) groups excluding carboxylic acids is 2. The Morgan fingerprint density at radius 1 is 1.15 bits per heavy atom. The van der Waals surface area contributed by atoms with Crippen LogP contribution in [0.1, 0.15) is 23.2 Å². The fourth-order valence-electron chi connectivity index (χ4n) is 2.87. The van der Waals surface area contributed by atoms with Crippen molar-refractivity contribution in [2.75, 3.05) is 16.8 Å². The SMILES string of the molecule is O=C(Nc1nc(-c2ccccn2)cs1)c1cccc(N2CCCC2=O)c1. The number of hydrogen-bond acceptors (Lipinski definition) is 5. The molecular formula is C19H16N4O2S. The minimum atomic E-state index is -0.250. The van der Waals surface area contributed by atoms with E-state index in [1.165, 1.54) is 11.3 Å². The van der Waals surface area contributed by atoms with Gasteiger partial charge < -0.3 is 4.90 Å². The lowest BCUT2D eigenvalue weighted by atomic mass is 10.2. The van der Waals surface area contributed by atoms with E-state index in [9.17, 15) is 9.59 Å². The average Bonchev–Trinajstić information content (AvgIpc) is 3.31. The fraction of sp³-hybridized carbons (Fsp3) is 0.158. The lowest BCUT2D eigenvalue weighted by Crippen LogP contribution is -2.24. The van der Waals surface area contributed by atoms with Crippen molar-refractivity contribution < 1.29 is 9.59 Å². The first-order chi connectivity index (χ1) is 12.7. The van der Waals surface area contributed by atoms with Crippen LogP contribution in [0.4, 0.5) is 10.8 Å². The van der Waals surface area contributed by atoms with Gasteiger partial charge in [0, 0.05) is 35.8 Å². The maximum atomic E-state index is 12.5. The summed E-state index contributed by atoms with van der Waals surface area (Å²) in [6.07, 6.45) is 3.12. The van der Waals surface area contributed by atoms with E-state index in [2.05, 4.69) is 15.3 Å². The van der Waals surface area contributed by atoms with Crippen molar-refractivity contribution in [3.63, 3.8) is 0 Å². The third-order valence-electron chi connectivity index (χ3n) is 4.15. The third-order valence-corrected chi connectivity index (χ3v) is 4.90. The van der Waals surface area contributed by atoms with E-state index < -0.39 is 0 Å². The molecule has 0 bridgehead atoms. The summed E-state index contributed by atoms with van der Waals surface area (Å²) in [5.41, 5.74) is 2.74. The number of hydrogen-bond donors (Lipinski definition) is 1. The van der Waals surface area contributed by atoms with Gasteiger partial charge in [0.15, 0.2) is 5.13 Å². The van der Waals surface area contributed by atoms with E-state index in [4.69, 9.17) is 0 Å². The number of carbonyl (C=O) groups is 2. The smallest absolute Gasteiger partial charge is 0.257 e. The van der Waals surface area contributed by atoms with Crippen LogP contribution < -0.4 is 10.2 Å². The van der Waals surface area contributed by atoms with E-state index in [1.807, 2.05) is 29.6 Å². The Morgan fingerprint density at radius 3 is 2.85 bits per heavy atom. The molecule has 4 rings (SSSR count). The molecule has 6 nitrogen and oxygen atoms in total. The number of anilines is 2. The number of pyridine rings is 1. The van der Waals surface area contributed by atoms with Crippen molar-refractivity contribution in [3.8, 4) is 11.4 Å². The quantitative estimate of drug-likeness (QED) is 0.768. The Kier molecular flexibility index (Phi) is 4.45. The number of amides is 2. The normalized spacial score (nSPS) is 13.8. The Labute approximate surface area is 154 Å². The maximum Gasteiger partial charge on any atom is 0.257 e. The second-order valence-electron chi connectivity index (χ2n) is 5.91. The van der Waals surface area contributed by atoms with Crippen molar-refractivity contribution in [2.45, 2.75) is 12.8 Å². The van der Waals surface area contributed by atoms with Crippen molar-refractivity contribution in [2.24, 2.45) is 0 Å². The Balaban J connectivity index is 1.50. The third kappa shape index (κ3) is 3.34. The van der Waals surface area contributed by atoms with Gasteiger partial charge in [0.2, 0.25) is 5.91 Å². The van der Waals surface area contributed by atoms with Crippen LogP contribution in [-0.4, -0.2) is 28.3 Å². The Hall–Kier alpha value is -3.06. The van der Waals surface area contributed by atoms with Crippen LogP contribution >= 0.6 is 11.3 Å². The molecule has 2 aromatic heterocycles. The van der Waals surface area contributed by atoms with Crippen LogP contribution in [0.3, 0.4) is 0 Å². The van der Waals surface area contributed by atoms with Gasteiger partial charge in [0.25, 0.3) is 5.91 Å². The number of rotatable bonds is 4. The molecule has 0 spiro atoms. The summed E-state index contributed by atoms with van der Waals surface area (Å²) in [4.78, 5) is 34.8. The molecule has 0 saturated carbocycles. The van der Waals surface area contributed by atoms with Gasteiger partial charge in [0.05, 0.1) is 5.69 Å². The van der Waals surface area contributed by atoms with Crippen LogP contribution in [0, 0.1) is 0 Å². The van der Waals surface area contributed by atoms with Crippen molar-refractivity contribution in [1.82, 2.24) is 9.97 Å². The molecule has 26 heavy (non-hydrogen) atoms. The molecule has 0 aliphatic carbocycles. The molecule has 0 radical (unpaired) electrons. The minimum Gasteiger partial charge on any atom is -0.312 e. The minimum absolute atomic E-state index is 0.0995. The van der Waals surface area contributed by atoms with Crippen LogP contribution in [-0.2, 0) is 4.79 Å². The monoisotopic (exact) mass is 364 g/mol. The zero-order valence-electron chi connectivity index (χ0n) is 13.9. The number of nitrogens with one attached hydrogen (secondary N) is 1. The number of nitrogens with zero attached hydrogens (tertiary/aromatic N) is 3. The lowest BCUT2D eigenvalue weighted by molar-refractivity contribution is -0.117. The molecule has 1 N–H and O–H groups in total. The zero-order chi connectivity index (χ0) is 17.9. The van der Waals surface area contributed by atoms with E-state index in [0.717, 1.165) is 23.5 Å². The fourth-order valence-corrected chi connectivity index (χ4v) is 3.57. The standard InChI is InChI=1S/C19H16N4O2S/c24-17-8-4-10-23(17)14-6-3-5-13(11-14)18(25)22-19-21-16(12-26-19)15-7-1-2-9-20-15/h1-3,5-7,9,11-12H,4,8,10H2,(H,21,22,25). The van der Waals surface area contributed by atoms with E-state index in [-0.39, 0.29) is 11.8 Å². The van der Waals surface area contributed by atoms with Crippen LogP contribution in [0.15, 0.2) is 54.0 Å². The van der Waals surface area contributed by atoms with Crippen molar-refractivity contribution in [3.05, 3.63) is 59.6 Å². The summed E-state index contributed by atoms with van der Waals surface area (Å²) in [5.74, 6) is -0.150. The van der Waals surface area contributed by atoms with Crippen LogP contribution in [0.5, 0.6) is 0 Å². The largest absolute Gasteiger partial charge is 0.312 e. The Bertz CT molecular complexity index is 955. The summed E-state index contributed by atoms with van der Waals surface area (Å²) in [6, 6.07) is 12.7. The second kappa shape index (κ2) is 7.05. The molecule has 1 fully saturated rings. The summed E-state index contributed by atoms with van der Waals surface area (Å²) in [7, 11) is 0. The molecule has 1 aromatic carbocycles. The van der Waals surface area contributed by atoms with Gasteiger partial charge in [-0.05, 0) is 36.8 Å². The summed E-state index contributed by atoms with van der Waals surface area (Å²) >= 11 is 1.35. The molecule has 1 aliphatic rings. The first-order valence-corrected chi connectivity index (χ1v) is 9.17.